The summed E-state index contributed by atoms with van der Waals surface area (Å²) < 4.78 is 57.5. The van der Waals surface area contributed by atoms with Crippen molar-refractivity contribution in [1.82, 2.24) is 9.80 Å². The molecule has 0 aromatic rings. The van der Waals surface area contributed by atoms with E-state index in [0.717, 1.165) is 6.67 Å². The minimum absolute atomic E-state index is 0. The van der Waals surface area contributed by atoms with Crippen LogP contribution in [0.15, 0.2) is 12.4 Å². The number of hydrogen-bond acceptors (Lipinski definition) is 4. The summed E-state index contributed by atoms with van der Waals surface area (Å²) in [7, 11) is -3.72. The Morgan fingerprint density at radius 3 is 1.96 bits per heavy atom. The van der Waals surface area contributed by atoms with Crippen LogP contribution < -0.4 is 0 Å². The minimum Gasteiger partial charge on any atom is -0.362 e. The van der Waals surface area contributed by atoms with E-state index in [1.807, 2.05) is 0 Å². The summed E-state index contributed by atoms with van der Waals surface area (Å²) in [5, 5.41) is 0. The van der Waals surface area contributed by atoms with Crippen LogP contribution in [0.4, 0.5) is 13.2 Å². The van der Waals surface area contributed by atoms with Crippen LogP contribution in [0, 0.1) is 0 Å². The van der Waals surface area contributed by atoms with Crippen molar-refractivity contribution in [2.45, 2.75) is 51.0 Å². The molecule has 1 heterocycles. The number of nitrogens with zero attached hydrogens (tertiary/aromatic N) is 2. The van der Waals surface area contributed by atoms with E-state index < -0.39 is 15.6 Å². The van der Waals surface area contributed by atoms with Gasteiger partial charge >= 0.3 is 15.6 Å². The highest BCUT2D eigenvalue weighted by atomic mass is 35.5. The van der Waals surface area contributed by atoms with Crippen molar-refractivity contribution in [1.29, 1.82) is 0 Å². The van der Waals surface area contributed by atoms with Gasteiger partial charge in [-0.05, 0) is 6.42 Å². The van der Waals surface area contributed by atoms with E-state index in [-0.39, 0.29) is 12.4 Å². The lowest BCUT2D eigenvalue weighted by molar-refractivity contribution is -0.0510. The van der Waals surface area contributed by atoms with E-state index in [9.17, 15) is 13.2 Å². The normalized spacial score (nSPS) is 14.3. The van der Waals surface area contributed by atoms with Gasteiger partial charge < -0.3 is 9.80 Å². The zero-order valence-electron chi connectivity index (χ0n) is 13.4. The van der Waals surface area contributed by atoms with E-state index in [2.05, 4.69) is 36.2 Å². The van der Waals surface area contributed by atoms with Gasteiger partial charge in [0.2, 0.25) is 0 Å². The second-order valence-corrected chi connectivity index (χ2v) is 6.61. The third-order valence-electron chi connectivity index (χ3n) is 3.03. The van der Waals surface area contributed by atoms with Gasteiger partial charge in [-0.2, -0.15) is 21.6 Å². The Bertz CT molecular complexity index is 431. The molecular formula is C13H26ClF3N2O3S. The van der Waals surface area contributed by atoms with Crippen LogP contribution in [-0.2, 0) is 10.1 Å². The van der Waals surface area contributed by atoms with E-state index >= 15 is 0 Å². The molecule has 0 aromatic carbocycles. The highest BCUT2D eigenvalue weighted by molar-refractivity contribution is 7.86. The average Bonchev–Trinajstić information content (AvgIpc) is 2.78. The van der Waals surface area contributed by atoms with Crippen molar-refractivity contribution in [3.8, 4) is 0 Å². The molecule has 23 heavy (non-hydrogen) atoms. The first-order valence-corrected chi connectivity index (χ1v) is 8.68. The van der Waals surface area contributed by atoms with Crippen molar-refractivity contribution in [2.24, 2.45) is 0 Å². The lowest BCUT2D eigenvalue weighted by Gasteiger charge is -2.17. The summed E-state index contributed by atoms with van der Waals surface area (Å²) in [5.74, 6) is 0. The van der Waals surface area contributed by atoms with Crippen LogP contribution >= 0.6 is 12.4 Å². The summed E-state index contributed by atoms with van der Waals surface area (Å²) in [5.41, 5.74) is -5.53. The molecule has 0 radical (unpaired) electrons. The molecular weight excluding hydrogens is 357 g/mol. The van der Waals surface area contributed by atoms with E-state index in [4.69, 9.17) is 13.0 Å². The van der Waals surface area contributed by atoms with Gasteiger partial charge in [0.25, 0.3) is 0 Å². The zero-order chi connectivity index (χ0) is 17.2. The molecule has 0 fully saturated rings. The molecule has 1 rings (SSSR count). The molecule has 0 saturated carbocycles. The Hall–Kier alpha value is -0.670. The molecule has 0 saturated heterocycles. The van der Waals surface area contributed by atoms with Crippen LogP contribution in [0.3, 0.4) is 0 Å². The first kappa shape index (κ1) is 24.6. The maximum atomic E-state index is 10.7. The first-order chi connectivity index (χ1) is 10.1. The van der Waals surface area contributed by atoms with Gasteiger partial charge in [0, 0.05) is 26.0 Å². The molecule has 1 N–H and O–H groups in total. The SMILES string of the molecule is CCCCCCCCN1C=CN(C)C1.Cl.O=S(=O)(O)C(F)(F)F. The minimum atomic E-state index is -5.84. The molecule has 0 aliphatic carbocycles. The lowest BCUT2D eigenvalue weighted by atomic mass is 10.1. The topological polar surface area (TPSA) is 60.9 Å². The standard InChI is InChI=1S/C12H24N2.CHF3O3S.ClH/c1-3-4-5-6-7-8-9-14-11-10-13(2)12-14;2-1(3,4)8(5,6)7;/h10-11H,3-9,12H2,1-2H3;(H,5,6,7);1H. The molecule has 0 spiro atoms. The summed E-state index contributed by atoms with van der Waals surface area (Å²) in [6.45, 7) is 4.58. The monoisotopic (exact) mass is 382 g/mol. The first-order valence-electron chi connectivity index (χ1n) is 7.24. The number of rotatable bonds is 7. The average molecular weight is 383 g/mol. The van der Waals surface area contributed by atoms with Crippen molar-refractivity contribution >= 4 is 22.5 Å². The second kappa shape index (κ2) is 11.8. The summed E-state index contributed by atoms with van der Waals surface area (Å²) in [6.07, 6.45) is 12.7. The Morgan fingerprint density at radius 1 is 1.09 bits per heavy atom. The van der Waals surface area contributed by atoms with Gasteiger partial charge in [-0.1, -0.05) is 39.0 Å². The maximum Gasteiger partial charge on any atom is 0.522 e. The van der Waals surface area contributed by atoms with Gasteiger partial charge in [-0.15, -0.1) is 12.4 Å². The van der Waals surface area contributed by atoms with E-state index in [1.165, 1.54) is 45.1 Å². The van der Waals surface area contributed by atoms with Crippen LogP contribution in [-0.4, -0.2) is 48.5 Å². The Labute approximate surface area is 142 Å². The molecule has 10 heteroatoms. The second-order valence-electron chi connectivity index (χ2n) is 5.20. The van der Waals surface area contributed by atoms with Crippen LogP contribution in [0.1, 0.15) is 45.4 Å². The van der Waals surface area contributed by atoms with Gasteiger partial charge in [0.1, 0.15) is 0 Å². The zero-order valence-corrected chi connectivity index (χ0v) is 15.1. The molecule has 1 aliphatic heterocycles. The summed E-state index contributed by atoms with van der Waals surface area (Å²) >= 11 is 0. The fraction of sp³-hybridized carbons (Fsp3) is 0.846. The predicted molar refractivity (Wildman–Crippen MR) is 86.7 cm³/mol. The Morgan fingerprint density at radius 2 is 1.57 bits per heavy atom. The van der Waals surface area contributed by atoms with Crippen molar-refractivity contribution in [3.63, 3.8) is 0 Å². The molecule has 1 aliphatic rings. The van der Waals surface area contributed by atoms with Crippen molar-refractivity contribution < 1.29 is 26.1 Å². The number of hydrogen-bond donors (Lipinski definition) is 1. The van der Waals surface area contributed by atoms with Crippen molar-refractivity contribution in [3.05, 3.63) is 12.4 Å². The third kappa shape index (κ3) is 12.4. The van der Waals surface area contributed by atoms with Gasteiger partial charge in [0.05, 0.1) is 6.67 Å². The van der Waals surface area contributed by atoms with Gasteiger partial charge in [0.15, 0.2) is 0 Å². The maximum absolute atomic E-state index is 10.7. The van der Waals surface area contributed by atoms with E-state index in [1.54, 1.807) is 0 Å². The molecule has 0 unspecified atom stereocenters. The van der Waals surface area contributed by atoms with Gasteiger partial charge in [-0.25, -0.2) is 0 Å². The fourth-order valence-corrected chi connectivity index (χ4v) is 1.83. The Kier molecular flexibility index (Phi) is 12.6. The predicted octanol–water partition coefficient (Wildman–Crippen LogP) is 3.84. The largest absolute Gasteiger partial charge is 0.522 e. The third-order valence-corrected chi connectivity index (χ3v) is 3.61. The highest BCUT2D eigenvalue weighted by Gasteiger charge is 2.44. The van der Waals surface area contributed by atoms with Crippen LogP contribution in [0.5, 0.6) is 0 Å². The highest BCUT2D eigenvalue weighted by Crippen LogP contribution is 2.20. The molecule has 0 amide bonds. The molecule has 0 aromatic heterocycles. The quantitative estimate of drug-likeness (QED) is 0.412. The van der Waals surface area contributed by atoms with Crippen molar-refractivity contribution in [2.75, 3.05) is 20.3 Å². The fourth-order valence-electron chi connectivity index (χ4n) is 1.83. The number of alkyl halides is 3. The molecule has 140 valence electrons. The van der Waals surface area contributed by atoms with E-state index in [0.29, 0.717) is 0 Å². The smallest absolute Gasteiger partial charge is 0.362 e. The van der Waals surface area contributed by atoms with Gasteiger partial charge in [-0.3, -0.25) is 4.55 Å². The molecule has 0 bridgehead atoms. The molecule has 5 nitrogen and oxygen atoms in total. The lowest BCUT2D eigenvalue weighted by Crippen LogP contribution is -2.23. The van der Waals surface area contributed by atoms with Crippen LogP contribution in [0.25, 0.3) is 0 Å². The van der Waals surface area contributed by atoms with Crippen LogP contribution in [0.2, 0.25) is 0 Å². The summed E-state index contributed by atoms with van der Waals surface area (Å²) in [4.78, 5) is 4.61. The number of unbranched alkanes of at least 4 members (excludes halogenated alkanes) is 5. The number of halogens is 4. The Balaban J connectivity index is 0. The molecule has 0 atom stereocenters. The summed E-state index contributed by atoms with van der Waals surface area (Å²) in [6, 6.07) is 0.